The van der Waals surface area contributed by atoms with Gasteiger partial charge in [0.25, 0.3) is 0 Å². The first-order valence-corrected chi connectivity index (χ1v) is 4.58. The van der Waals surface area contributed by atoms with Crippen molar-refractivity contribution in [2.75, 3.05) is 0 Å². The van der Waals surface area contributed by atoms with Gasteiger partial charge in [-0.05, 0) is 13.3 Å². The van der Waals surface area contributed by atoms with E-state index in [0.717, 1.165) is 6.42 Å². The summed E-state index contributed by atoms with van der Waals surface area (Å²) in [7, 11) is 0. The summed E-state index contributed by atoms with van der Waals surface area (Å²) in [4.78, 5) is 11.1. The smallest absolute Gasteiger partial charge is 0.227 e. The molecular formula is C10H14O4. The van der Waals surface area contributed by atoms with Crippen LogP contribution in [-0.2, 0) is 0 Å². The van der Waals surface area contributed by atoms with Crippen molar-refractivity contribution < 1.29 is 14.6 Å². The van der Waals surface area contributed by atoms with Gasteiger partial charge in [0.05, 0.1) is 0 Å². The van der Waals surface area contributed by atoms with Crippen LogP contribution in [0, 0.1) is 6.92 Å². The molecule has 0 aliphatic carbocycles. The van der Waals surface area contributed by atoms with Gasteiger partial charge in [-0.15, -0.1) is 0 Å². The van der Waals surface area contributed by atoms with Gasteiger partial charge in [0.2, 0.25) is 11.2 Å². The van der Waals surface area contributed by atoms with E-state index in [2.05, 4.69) is 0 Å². The fourth-order valence-corrected chi connectivity index (χ4v) is 1.26. The van der Waals surface area contributed by atoms with Gasteiger partial charge < -0.3 is 14.6 Å². The lowest BCUT2D eigenvalue weighted by molar-refractivity contribution is 0.129. The van der Waals surface area contributed by atoms with Crippen molar-refractivity contribution in [1.82, 2.24) is 0 Å². The van der Waals surface area contributed by atoms with E-state index in [1.807, 2.05) is 6.92 Å². The van der Waals surface area contributed by atoms with Gasteiger partial charge in [0.1, 0.15) is 11.9 Å². The molecule has 1 rings (SSSR count). The van der Waals surface area contributed by atoms with Gasteiger partial charge in [0.15, 0.2) is 5.76 Å². The van der Waals surface area contributed by atoms with Crippen LogP contribution in [0.3, 0.4) is 0 Å². The summed E-state index contributed by atoms with van der Waals surface area (Å²) in [5.41, 5.74) is -0.515. The molecule has 1 heterocycles. The second-order valence-corrected chi connectivity index (χ2v) is 3.24. The van der Waals surface area contributed by atoms with Crippen LogP contribution >= 0.6 is 0 Å². The summed E-state index contributed by atoms with van der Waals surface area (Å²) in [6, 6.07) is 1.19. The zero-order valence-corrected chi connectivity index (χ0v) is 8.28. The maximum Gasteiger partial charge on any atom is 0.227 e. The van der Waals surface area contributed by atoms with Crippen LogP contribution in [0.1, 0.15) is 37.4 Å². The molecule has 78 valence electrons. The molecule has 0 bridgehead atoms. The third-order valence-electron chi connectivity index (χ3n) is 1.94. The lowest BCUT2D eigenvalue weighted by Gasteiger charge is -2.09. The summed E-state index contributed by atoms with van der Waals surface area (Å²) in [5, 5.41) is 18.9. The van der Waals surface area contributed by atoms with E-state index < -0.39 is 17.3 Å². The highest BCUT2D eigenvalue weighted by molar-refractivity contribution is 5.26. The predicted molar refractivity (Wildman–Crippen MR) is 51.2 cm³/mol. The first-order chi connectivity index (χ1) is 6.56. The fraction of sp³-hybridized carbons (Fsp3) is 0.500. The van der Waals surface area contributed by atoms with Gasteiger partial charge in [0, 0.05) is 6.07 Å². The Balaban J connectivity index is 3.13. The summed E-state index contributed by atoms with van der Waals surface area (Å²) in [5.74, 6) is -0.133. The maximum atomic E-state index is 11.1. The fourth-order valence-electron chi connectivity index (χ4n) is 1.26. The highest BCUT2D eigenvalue weighted by Gasteiger charge is 2.17. The van der Waals surface area contributed by atoms with Crippen LogP contribution in [0.5, 0.6) is 5.75 Å². The van der Waals surface area contributed by atoms with Crippen LogP contribution in [0.2, 0.25) is 0 Å². The largest absolute Gasteiger partial charge is 0.502 e. The molecule has 1 atom stereocenters. The van der Waals surface area contributed by atoms with Gasteiger partial charge in [-0.25, -0.2) is 0 Å². The predicted octanol–water partition coefficient (Wildman–Crippen LogP) is 1.49. The summed E-state index contributed by atoms with van der Waals surface area (Å²) >= 11 is 0. The van der Waals surface area contributed by atoms with E-state index >= 15 is 0 Å². The van der Waals surface area contributed by atoms with Crippen molar-refractivity contribution in [3.05, 3.63) is 27.8 Å². The molecule has 2 N–H and O–H groups in total. The van der Waals surface area contributed by atoms with Gasteiger partial charge in [-0.1, -0.05) is 13.3 Å². The number of rotatable bonds is 3. The molecule has 0 aliphatic heterocycles. The molecule has 0 spiro atoms. The van der Waals surface area contributed by atoms with Crippen LogP contribution in [0.25, 0.3) is 0 Å². The lowest BCUT2D eigenvalue weighted by Crippen LogP contribution is -2.06. The van der Waals surface area contributed by atoms with E-state index in [1.54, 1.807) is 6.92 Å². The van der Waals surface area contributed by atoms with Crippen molar-refractivity contribution in [1.29, 1.82) is 0 Å². The van der Waals surface area contributed by atoms with Crippen LogP contribution < -0.4 is 5.43 Å². The van der Waals surface area contributed by atoms with Gasteiger partial charge >= 0.3 is 0 Å². The van der Waals surface area contributed by atoms with Gasteiger partial charge in [-0.3, -0.25) is 4.79 Å². The Labute approximate surface area is 81.8 Å². The number of aliphatic hydroxyl groups excluding tert-OH is 1. The number of aryl methyl sites for hydroxylation is 1. The summed E-state index contributed by atoms with van der Waals surface area (Å²) < 4.78 is 5.10. The van der Waals surface area contributed by atoms with Gasteiger partial charge in [-0.2, -0.15) is 0 Å². The molecular weight excluding hydrogens is 184 g/mol. The lowest BCUT2D eigenvalue weighted by atomic mass is 10.1. The number of aromatic hydroxyl groups is 1. The molecule has 1 aromatic rings. The average molecular weight is 198 g/mol. The Morgan fingerprint density at radius 3 is 2.79 bits per heavy atom. The molecule has 4 nitrogen and oxygen atoms in total. The standard InChI is InChI=1S/C10H14O4/c1-3-4-7(11)10-9(13)8(12)5-6(2)14-10/h5,7,11,13H,3-4H2,1-2H3. The molecule has 0 amide bonds. The molecule has 0 fully saturated rings. The highest BCUT2D eigenvalue weighted by Crippen LogP contribution is 2.24. The zero-order valence-electron chi connectivity index (χ0n) is 8.28. The second-order valence-electron chi connectivity index (χ2n) is 3.24. The van der Waals surface area contributed by atoms with Crippen molar-refractivity contribution >= 4 is 0 Å². The Bertz CT molecular complexity index is 367. The molecule has 4 heteroatoms. The molecule has 0 radical (unpaired) electrons. The topological polar surface area (TPSA) is 70.7 Å². The van der Waals surface area contributed by atoms with E-state index in [-0.39, 0.29) is 5.76 Å². The molecule has 0 aromatic carbocycles. The molecule has 0 aliphatic rings. The quantitative estimate of drug-likeness (QED) is 0.771. The number of hydrogen-bond donors (Lipinski definition) is 2. The Morgan fingerprint density at radius 2 is 2.21 bits per heavy atom. The molecule has 0 saturated carbocycles. The molecule has 1 unspecified atom stereocenters. The molecule has 0 saturated heterocycles. The highest BCUT2D eigenvalue weighted by atomic mass is 16.4. The van der Waals surface area contributed by atoms with E-state index in [4.69, 9.17) is 4.42 Å². The normalized spacial score (nSPS) is 12.8. The average Bonchev–Trinajstić information content (AvgIpc) is 2.11. The second kappa shape index (κ2) is 4.28. The van der Waals surface area contributed by atoms with Crippen molar-refractivity contribution in [3.63, 3.8) is 0 Å². The van der Waals surface area contributed by atoms with E-state index in [1.165, 1.54) is 6.07 Å². The molecule has 1 aromatic heterocycles. The Kier molecular flexibility index (Phi) is 3.30. The van der Waals surface area contributed by atoms with E-state index in [9.17, 15) is 15.0 Å². The monoisotopic (exact) mass is 198 g/mol. The minimum absolute atomic E-state index is 0.0307. The number of hydrogen-bond acceptors (Lipinski definition) is 4. The first kappa shape index (κ1) is 10.8. The minimum atomic E-state index is -0.910. The molecule has 14 heavy (non-hydrogen) atoms. The van der Waals surface area contributed by atoms with Crippen LogP contribution in [0.4, 0.5) is 0 Å². The summed E-state index contributed by atoms with van der Waals surface area (Å²) in [6.45, 7) is 3.50. The Hall–Kier alpha value is -1.29. The van der Waals surface area contributed by atoms with Crippen molar-refractivity contribution in [3.8, 4) is 5.75 Å². The van der Waals surface area contributed by atoms with Crippen LogP contribution in [0.15, 0.2) is 15.3 Å². The van der Waals surface area contributed by atoms with Crippen molar-refractivity contribution in [2.24, 2.45) is 0 Å². The SMILES string of the molecule is CCCC(O)c1oc(C)cc(=O)c1O. The van der Waals surface area contributed by atoms with Crippen LogP contribution in [-0.4, -0.2) is 10.2 Å². The maximum absolute atomic E-state index is 11.1. The Morgan fingerprint density at radius 1 is 1.57 bits per heavy atom. The van der Waals surface area contributed by atoms with Crippen molar-refractivity contribution in [2.45, 2.75) is 32.8 Å². The number of aliphatic hydroxyl groups is 1. The third-order valence-corrected chi connectivity index (χ3v) is 1.94. The van der Waals surface area contributed by atoms with E-state index in [0.29, 0.717) is 12.2 Å². The first-order valence-electron chi connectivity index (χ1n) is 4.58. The zero-order chi connectivity index (χ0) is 10.7. The minimum Gasteiger partial charge on any atom is -0.502 e. The summed E-state index contributed by atoms with van der Waals surface area (Å²) in [6.07, 6.45) is 0.297. The third kappa shape index (κ3) is 2.14.